The molecule has 47 heavy (non-hydrogen) atoms. The van der Waals surface area contributed by atoms with Crippen molar-refractivity contribution in [2.24, 2.45) is 0 Å². The summed E-state index contributed by atoms with van der Waals surface area (Å²) in [7, 11) is 0. The molecule has 1 aliphatic rings. The van der Waals surface area contributed by atoms with E-state index >= 15 is 0 Å². The quantitative estimate of drug-likeness (QED) is 0.185. The summed E-state index contributed by atoms with van der Waals surface area (Å²) in [6.45, 7) is 4.68. The van der Waals surface area contributed by atoms with E-state index in [0.29, 0.717) is 0 Å². The van der Waals surface area contributed by atoms with Gasteiger partial charge in [-0.2, -0.15) is 0 Å². The maximum atomic E-state index is 2.40. The predicted molar refractivity (Wildman–Crippen MR) is 202 cm³/mol. The Morgan fingerprint density at radius 2 is 1.00 bits per heavy atom. The first-order valence-corrected chi connectivity index (χ1v) is 17.1. The first kappa shape index (κ1) is 27.8. The number of rotatable bonds is 5. The van der Waals surface area contributed by atoms with Crippen molar-refractivity contribution in [3.8, 4) is 33.4 Å². The van der Waals surface area contributed by atoms with Gasteiger partial charge in [0, 0.05) is 42.6 Å². The molecule has 1 aliphatic carbocycles. The van der Waals surface area contributed by atoms with Crippen LogP contribution >= 0.6 is 11.3 Å². The molecule has 0 amide bonds. The van der Waals surface area contributed by atoms with E-state index in [0.717, 1.165) is 17.1 Å². The van der Waals surface area contributed by atoms with Crippen molar-refractivity contribution < 1.29 is 0 Å². The van der Waals surface area contributed by atoms with E-state index in [1.807, 2.05) is 11.3 Å². The number of para-hydroxylation sites is 1. The van der Waals surface area contributed by atoms with Gasteiger partial charge in [-0.15, -0.1) is 11.3 Å². The Kier molecular flexibility index (Phi) is 6.41. The minimum atomic E-state index is 0.0230. The van der Waals surface area contributed by atoms with Gasteiger partial charge in [-0.1, -0.05) is 123 Å². The Morgan fingerprint density at radius 3 is 1.81 bits per heavy atom. The first-order valence-electron chi connectivity index (χ1n) is 16.3. The van der Waals surface area contributed by atoms with Crippen LogP contribution in [0, 0.1) is 0 Å². The minimum absolute atomic E-state index is 0.0230. The highest BCUT2D eigenvalue weighted by atomic mass is 32.1. The fourth-order valence-corrected chi connectivity index (χ4v) is 8.57. The van der Waals surface area contributed by atoms with Crippen molar-refractivity contribution >= 4 is 48.6 Å². The van der Waals surface area contributed by atoms with Crippen molar-refractivity contribution in [1.82, 2.24) is 0 Å². The molecule has 0 fully saturated rings. The first-order chi connectivity index (χ1) is 23.0. The van der Waals surface area contributed by atoms with Gasteiger partial charge in [-0.05, 0) is 99.1 Å². The number of nitrogens with zero attached hydrogens (tertiary/aromatic N) is 1. The van der Waals surface area contributed by atoms with Crippen LogP contribution in [0.25, 0.3) is 53.6 Å². The van der Waals surface area contributed by atoms with Gasteiger partial charge in [0.1, 0.15) is 0 Å². The van der Waals surface area contributed by atoms with Crippen LogP contribution in [0.1, 0.15) is 25.0 Å². The molecule has 1 aromatic heterocycles. The summed E-state index contributed by atoms with van der Waals surface area (Å²) in [4.78, 5) is 2.36. The normalized spacial score (nSPS) is 13.1. The molecule has 1 heterocycles. The van der Waals surface area contributed by atoms with Gasteiger partial charge in [0.05, 0.1) is 0 Å². The largest absolute Gasteiger partial charge is 0.310 e. The molecule has 0 atom stereocenters. The van der Waals surface area contributed by atoms with Gasteiger partial charge in [0.2, 0.25) is 0 Å². The highest BCUT2D eigenvalue weighted by Crippen LogP contribution is 2.50. The zero-order chi connectivity index (χ0) is 31.5. The summed E-state index contributed by atoms with van der Waals surface area (Å²) in [5.74, 6) is 0. The topological polar surface area (TPSA) is 3.24 Å². The molecule has 8 aromatic rings. The van der Waals surface area contributed by atoms with E-state index in [1.165, 1.54) is 64.7 Å². The number of thiophene rings is 1. The lowest BCUT2D eigenvalue weighted by Gasteiger charge is -2.25. The Labute approximate surface area is 280 Å². The molecule has 0 spiro atoms. The third-order valence-electron chi connectivity index (χ3n) is 9.88. The van der Waals surface area contributed by atoms with E-state index in [1.54, 1.807) is 0 Å². The summed E-state index contributed by atoms with van der Waals surface area (Å²) in [6, 6.07) is 60.0. The average molecular weight is 620 g/mol. The molecule has 0 N–H and O–H groups in total. The summed E-state index contributed by atoms with van der Waals surface area (Å²) >= 11 is 1.88. The van der Waals surface area contributed by atoms with Crippen LogP contribution in [0.4, 0.5) is 17.1 Å². The van der Waals surface area contributed by atoms with Crippen molar-refractivity contribution in [2.75, 3.05) is 4.90 Å². The predicted octanol–water partition coefficient (Wildman–Crippen LogP) is 13.2. The summed E-state index contributed by atoms with van der Waals surface area (Å²) in [5, 5.41) is 2.59. The molecule has 0 aliphatic heterocycles. The van der Waals surface area contributed by atoms with Crippen LogP contribution < -0.4 is 4.90 Å². The van der Waals surface area contributed by atoms with Gasteiger partial charge in [0.25, 0.3) is 0 Å². The van der Waals surface area contributed by atoms with Crippen LogP contribution in [0.5, 0.6) is 0 Å². The van der Waals surface area contributed by atoms with Crippen molar-refractivity contribution in [1.29, 1.82) is 0 Å². The molecule has 0 bridgehead atoms. The van der Waals surface area contributed by atoms with Crippen LogP contribution in [-0.4, -0.2) is 0 Å². The second-order valence-corrected chi connectivity index (χ2v) is 14.1. The van der Waals surface area contributed by atoms with Crippen LogP contribution in [0.2, 0.25) is 0 Å². The molecule has 224 valence electrons. The summed E-state index contributed by atoms with van der Waals surface area (Å²) in [6.07, 6.45) is 0. The van der Waals surface area contributed by atoms with E-state index in [2.05, 4.69) is 183 Å². The third-order valence-corrected chi connectivity index (χ3v) is 11.0. The lowest BCUT2D eigenvalue weighted by Crippen LogP contribution is -2.14. The minimum Gasteiger partial charge on any atom is -0.310 e. The van der Waals surface area contributed by atoms with E-state index in [-0.39, 0.29) is 5.41 Å². The smallest absolute Gasteiger partial charge is 0.0468 e. The average Bonchev–Trinajstić information content (AvgIpc) is 3.60. The van der Waals surface area contributed by atoms with Crippen molar-refractivity contribution in [3.05, 3.63) is 175 Å². The summed E-state index contributed by atoms with van der Waals surface area (Å²) < 4.78 is 2.62. The zero-order valence-electron chi connectivity index (χ0n) is 26.4. The molecule has 0 unspecified atom stereocenters. The number of hydrogen-bond donors (Lipinski definition) is 0. The standard InChI is InChI=1S/C45H33NS/c1-45(2)41-16-10-9-15-37(41)39-27-32(20-25-42(39)45)33-19-24-38-40-29-36(23-26-43(40)47-44(38)28-33)46(34-13-7-4-8-14-34)35-21-17-31(18-22-35)30-11-5-3-6-12-30/h3-29H,1-2H3. The van der Waals surface area contributed by atoms with Gasteiger partial charge in [-0.3, -0.25) is 0 Å². The Bertz CT molecular complexity index is 2420. The second kappa shape index (κ2) is 10.8. The molecule has 1 nitrogen and oxygen atoms in total. The summed E-state index contributed by atoms with van der Waals surface area (Å²) in [5.41, 5.74) is 14.0. The molecule has 0 saturated carbocycles. The highest BCUT2D eigenvalue weighted by Gasteiger charge is 2.35. The zero-order valence-corrected chi connectivity index (χ0v) is 27.3. The SMILES string of the molecule is CC1(C)c2ccccc2-c2cc(-c3ccc4c(c3)sc3ccc(N(c5ccccc5)c5ccc(-c6ccccc6)cc5)cc34)ccc21. The molecule has 9 rings (SSSR count). The lowest BCUT2D eigenvalue weighted by molar-refractivity contribution is 0.660. The maximum Gasteiger partial charge on any atom is 0.0468 e. The third kappa shape index (κ3) is 4.60. The molecule has 2 heteroatoms. The van der Waals surface area contributed by atoms with Crippen molar-refractivity contribution in [3.63, 3.8) is 0 Å². The van der Waals surface area contributed by atoms with Crippen LogP contribution in [0.15, 0.2) is 164 Å². The van der Waals surface area contributed by atoms with Crippen LogP contribution in [-0.2, 0) is 5.41 Å². The monoisotopic (exact) mass is 619 g/mol. The molecule has 0 saturated heterocycles. The van der Waals surface area contributed by atoms with Gasteiger partial charge >= 0.3 is 0 Å². The van der Waals surface area contributed by atoms with Crippen LogP contribution in [0.3, 0.4) is 0 Å². The number of benzene rings is 7. The molecular weight excluding hydrogens is 587 g/mol. The molecular formula is C45H33NS. The van der Waals surface area contributed by atoms with Gasteiger partial charge in [0.15, 0.2) is 0 Å². The number of hydrogen-bond acceptors (Lipinski definition) is 2. The lowest BCUT2D eigenvalue weighted by atomic mass is 9.82. The van der Waals surface area contributed by atoms with E-state index in [4.69, 9.17) is 0 Å². The maximum absolute atomic E-state index is 2.40. The van der Waals surface area contributed by atoms with Gasteiger partial charge in [-0.25, -0.2) is 0 Å². The van der Waals surface area contributed by atoms with Crippen molar-refractivity contribution in [2.45, 2.75) is 19.3 Å². The fraction of sp³-hybridized carbons (Fsp3) is 0.0667. The Hall–Kier alpha value is -5.44. The van der Waals surface area contributed by atoms with E-state index < -0.39 is 0 Å². The molecule has 7 aromatic carbocycles. The number of anilines is 3. The van der Waals surface area contributed by atoms with Gasteiger partial charge < -0.3 is 4.90 Å². The van der Waals surface area contributed by atoms with E-state index in [9.17, 15) is 0 Å². The Morgan fingerprint density at radius 1 is 0.404 bits per heavy atom. The number of fused-ring (bicyclic) bond motifs is 6. The Balaban J connectivity index is 1.11. The highest BCUT2D eigenvalue weighted by molar-refractivity contribution is 7.25. The molecule has 0 radical (unpaired) electrons. The fourth-order valence-electron chi connectivity index (χ4n) is 7.44. The second-order valence-electron chi connectivity index (χ2n) is 13.0.